The molecule has 1 N–H and O–H groups in total. The summed E-state index contributed by atoms with van der Waals surface area (Å²) in [4.78, 5) is 0. The SMILES string of the molecule is Cc1cc(C)c(/C=N/n2c(-c3ccccc3)n[nH]c2=S)c(C)c1. The van der Waals surface area contributed by atoms with Gasteiger partial charge in [0.05, 0.1) is 6.21 Å². The quantitative estimate of drug-likeness (QED) is 0.573. The molecule has 3 aromatic rings. The Bertz CT molecular complexity index is 897. The Morgan fingerprint density at radius 2 is 1.74 bits per heavy atom. The smallest absolute Gasteiger partial charge is 0.216 e. The lowest BCUT2D eigenvalue weighted by molar-refractivity contribution is 0.871. The summed E-state index contributed by atoms with van der Waals surface area (Å²) in [5.41, 5.74) is 5.72. The van der Waals surface area contributed by atoms with E-state index in [-0.39, 0.29) is 0 Å². The molecule has 4 nitrogen and oxygen atoms in total. The van der Waals surface area contributed by atoms with Crippen LogP contribution in [0.25, 0.3) is 11.4 Å². The van der Waals surface area contributed by atoms with Gasteiger partial charge in [0, 0.05) is 11.1 Å². The topological polar surface area (TPSA) is 46.0 Å². The molecule has 1 heterocycles. The van der Waals surface area contributed by atoms with Crippen molar-refractivity contribution in [1.82, 2.24) is 14.9 Å². The van der Waals surface area contributed by atoms with Gasteiger partial charge in [-0.15, -0.1) is 0 Å². The predicted molar refractivity (Wildman–Crippen MR) is 96.5 cm³/mol. The molecular formula is C18H18N4S. The van der Waals surface area contributed by atoms with Gasteiger partial charge in [0.1, 0.15) is 0 Å². The van der Waals surface area contributed by atoms with Crippen molar-refractivity contribution in [2.75, 3.05) is 0 Å². The molecule has 0 amide bonds. The summed E-state index contributed by atoms with van der Waals surface area (Å²) in [5.74, 6) is 0.703. The Hall–Kier alpha value is -2.53. The standard InChI is InChI=1S/C18H18N4S/c1-12-9-13(2)16(14(3)10-12)11-19-22-17(20-21-18(22)23)15-7-5-4-6-8-15/h4-11H,1-3H3,(H,21,23)/b19-11+. The number of nitrogens with zero attached hydrogens (tertiary/aromatic N) is 3. The molecule has 116 valence electrons. The fourth-order valence-corrected chi connectivity index (χ4v) is 2.86. The Kier molecular flexibility index (Phi) is 4.21. The maximum Gasteiger partial charge on any atom is 0.216 e. The number of aromatic amines is 1. The number of hydrogen-bond acceptors (Lipinski definition) is 3. The average Bonchev–Trinajstić information content (AvgIpc) is 2.88. The number of nitrogens with one attached hydrogen (secondary N) is 1. The normalized spacial score (nSPS) is 11.3. The van der Waals surface area contributed by atoms with E-state index in [9.17, 15) is 0 Å². The minimum absolute atomic E-state index is 0.475. The van der Waals surface area contributed by atoms with Crippen LogP contribution in [0.2, 0.25) is 0 Å². The van der Waals surface area contributed by atoms with Crippen molar-refractivity contribution in [2.24, 2.45) is 5.10 Å². The molecule has 1 aromatic heterocycles. The summed E-state index contributed by atoms with van der Waals surface area (Å²) in [5, 5.41) is 11.7. The second-order valence-corrected chi connectivity index (χ2v) is 5.97. The lowest BCUT2D eigenvalue weighted by Crippen LogP contribution is -1.98. The van der Waals surface area contributed by atoms with Crippen LogP contribution < -0.4 is 0 Å². The van der Waals surface area contributed by atoms with Gasteiger partial charge in [-0.2, -0.15) is 14.9 Å². The number of aryl methyl sites for hydroxylation is 3. The minimum atomic E-state index is 0.475. The minimum Gasteiger partial charge on any atom is -0.250 e. The zero-order chi connectivity index (χ0) is 16.4. The molecule has 2 aromatic carbocycles. The molecule has 23 heavy (non-hydrogen) atoms. The van der Waals surface area contributed by atoms with Crippen molar-refractivity contribution in [3.63, 3.8) is 0 Å². The number of hydrogen-bond donors (Lipinski definition) is 1. The maximum atomic E-state index is 5.31. The molecule has 0 fully saturated rings. The Morgan fingerprint density at radius 1 is 1.09 bits per heavy atom. The molecule has 0 radical (unpaired) electrons. The van der Waals surface area contributed by atoms with Crippen LogP contribution in [0.3, 0.4) is 0 Å². The summed E-state index contributed by atoms with van der Waals surface area (Å²) in [6, 6.07) is 14.2. The van der Waals surface area contributed by atoms with E-state index in [2.05, 4.69) is 48.2 Å². The third-order valence-electron chi connectivity index (χ3n) is 3.72. The molecule has 0 atom stereocenters. The molecule has 5 heteroatoms. The van der Waals surface area contributed by atoms with Crippen LogP contribution in [0.15, 0.2) is 47.6 Å². The number of aromatic nitrogens is 3. The van der Waals surface area contributed by atoms with Crippen LogP contribution in [0.1, 0.15) is 22.3 Å². The van der Waals surface area contributed by atoms with E-state index >= 15 is 0 Å². The number of benzene rings is 2. The highest BCUT2D eigenvalue weighted by molar-refractivity contribution is 7.71. The molecule has 0 aliphatic carbocycles. The van der Waals surface area contributed by atoms with Crippen molar-refractivity contribution in [1.29, 1.82) is 0 Å². The Labute approximate surface area is 140 Å². The summed E-state index contributed by atoms with van der Waals surface area (Å²) < 4.78 is 2.13. The first-order valence-electron chi connectivity index (χ1n) is 7.41. The van der Waals surface area contributed by atoms with Gasteiger partial charge in [0.15, 0.2) is 5.82 Å². The van der Waals surface area contributed by atoms with Gasteiger partial charge in [-0.05, 0) is 44.1 Å². The lowest BCUT2D eigenvalue weighted by atomic mass is 10.0. The Morgan fingerprint density at radius 3 is 2.39 bits per heavy atom. The predicted octanol–water partition coefficient (Wildman–Crippen LogP) is 4.42. The van der Waals surface area contributed by atoms with Gasteiger partial charge in [-0.1, -0.05) is 48.0 Å². The lowest BCUT2D eigenvalue weighted by Gasteiger charge is -2.07. The van der Waals surface area contributed by atoms with Crippen LogP contribution in [0, 0.1) is 25.5 Å². The largest absolute Gasteiger partial charge is 0.250 e. The summed E-state index contributed by atoms with van der Waals surface area (Å²) in [6.07, 6.45) is 1.85. The van der Waals surface area contributed by atoms with Gasteiger partial charge < -0.3 is 0 Å². The average molecular weight is 322 g/mol. The van der Waals surface area contributed by atoms with Crippen molar-refractivity contribution < 1.29 is 0 Å². The first kappa shape index (κ1) is 15.4. The van der Waals surface area contributed by atoms with E-state index in [1.54, 1.807) is 4.68 Å². The molecule has 0 saturated heterocycles. The molecule has 0 spiro atoms. The first-order valence-corrected chi connectivity index (χ1v) is 7.82. The van der Waals surface area contributed by atoms with Crippen LogP contribution in [-0.2, 0) is 0 Å². The van der Waals surface area contributed by atoms with Crippen LogP contribution >= 0.6 is 12.2 Å². The highest BCUT2D eigenvalue weighted by Gasteiger charge is 2.08. The Balaban J connectivity index is 2.05. The molecule has 3 rings (SSSR count). The molecule has 0 aliphatic heterocycles. The van der Waals surface area contributed by atoms with Crippen LogP contribution in [0.4, 0.5) is 0 Å². The van der Waals surface area contributed by atoms with Crippen molar-refractivity contribution in [3.05, 3.63) is 69.5 Å². The van der Waals surface area contributed by atoms with Gasteiger partial charge in [0.2, 0.25) is 4.77 Å². The fourth-order valence-electron chi connectivity index (χ4n) is 2.68. The van der Waals surface area contributed by atoms with Crippen molar-refractivity contribution in [2.45, 2.75) is 20.8 Å². The van der Waals surface area contributed by atoms with E-state index in [1.807, 2.05) is 36.5 Å². The monoisotopic (exact) mass is 322 g/mol. The van der Waals surface area contributed by atoms with Crippen molar-refractivity contribution >= 4 is 18.4 Å². The zero-order valence-electron chi connectivity index (χ0n) is 13.4. The highest BCUT2D eigenvalue weighted by Crippen LogP contribution is 2.18. The van der Waals surface area contributed by atoms with Crippen LogP contribution in [-0.4, -0.2) is 21.1 Å². The number of H-pyrrole nitrogens is 1. The third-order valence-corrected chi connectivity index (χ3v) is 3.99. The second kappa shape index (κ2) is 6.30. The second-order valence-electron chi connectivity index (χ2n) is 5.59. The first-order chi connectivity index (χ1) is 11.1. The van der Waals surface area contributed by atoms with E-state index in [4.69, 9.17) is 12.2 Å². The fraction of sp³-hybridized carbons (Fsp3) is 0.167. The van der Waals surface area contributed by atoms with E-state index < -0.39 is 0 Å². The van der Waals surface area contributed by atoms with Gasteiger partial charge in [-0.3, -0.25) is 0 Å². The van der Waals surface area contributed by atoms with Gasteiger partial charge >= 0.3 is 0 Å². The molecular weight excluding hydrogens is 304 g/mol. The molecule has 0 bridgehead atoms. The number of rotatable bonds is 3. The molecule has 0 saturated carbocycles. The van der Waals surface area contributed by atoms with E-state index in [0.29, 0.717) is 10.6 Å². The molecule has 0 aliphatic rings. The van der Waals surface area contributed by atoms with E-state index in [0.717, 1.165) is 11.1 Å². The maximum absolute atomic E-state index is 5.31. The van der Waals surface area contributed by atoms with Crippen LogP contribution in [0.5, 0.6) is 0 Å². The zero-order valence-corrected chi connectivity index (χ0v) is 14.2. The summed E-state index contributed by atoms with van der Waals surface area (Å²) >= 11 is 5.31. The highest BCUT2D eigenvalue weighted by atomic mass is 32.1. The van der Waals surface area contributed by atoms with Crippen molar-refractivity contribution in [3.8, 4) is 11.4 Å². The summed E-state index contributed by atoms with van der Waals surface area (Å²) in [7, 11) is 0. The van der Waals surface area contributed by atoms with Gasteiger partial charge in [-0.25, -0.2) is 5.10 Å². The third kappa shape index (κ3) is 3.14. The molecule has 0 unspecified atom stereocenters. The van der Waals surface area contributed by atoms with E-state index in [1.165, 1.54) is 16.7 Å². The van der Waals surface area contributed by atoms with Gasteiger partial charge in [0.25, 0.3) is 0 Å². The summed E-state index contributed by atoms with van der Waals surface area (Å²) in [6.45, 7) is 6.28.